The van der Waals surface area contributed by atoms with Gasteiger partial charge in [0, 0.05) is 0 Å². The van der Waals surface area contributed by atoms with Crippen molar-refractivity contribution in [2.45, 2.75) is 37.4 Å². The van der Waals surface area contributed by atoms with E-state index in [1.807, 2.05) is 0 Å². The van der Waals surface area contributed by atoms with E-state index in [4.69, 9.17) is 15.2 Å². The molecule has 2 atom stereocenters. The van der Waals surface area contributed by atoms with Crippen LogP contribution in [0.4, 0.5) is 13.2 Å². The molecule has 112 valence electrons. The van der Waals surface area contributed by atoms with Gasteiger partial charge < -0.3 is 15.2 Å². The second-order valence-electron chi connectivity index (χ2n) is 4.19. The molecular formula is C8H12F3NO6S. The van der Waals surface area contributed by atoms with Crippen molar-refractivity contribution < 1.29 is 40.0 Å². The van der Waals surface area contributed by atoms with E-state index in [9.17, 15) is 26.4 Å². The summed E-state index contributed by atoms with van der Waals surface area (Å²) in [5.41, 5.74) is -0.833. The molecule has 0 aromatic heterocycles. The van der Waals surface area contributed by atoms with E-state index in [1.165, 1.54) is 13.8 Å². The first-order valence-electron chi connectivity index (χ1n) is 4.96. The standard InChI is InChI=1S/C8H12F3NO6S/c1-7(2)16-3-4(17-7)5(6(12)13)18-19(14,15)8(9,10)11/h4-5H,3H2,1-2H3,(H2,12,13)/t4-,5-/m0/s1. The average Bonchev–Trinajstić information content (AvgIpc) is 2.53. The number of alkyl halides is 3. The van der Waals surface area contributed by atoms with Gasteiger partial charge in [-0.15, -0.1) is 0 Å². The Balaban J connectivity index is 2.90. The highest BCUT2D eigenvalue weighted by molar-refractivity contribution is 7.87. The van der Waals surface area contributed by atoms with Crippen LogP contribution in [0.15, 0.2) is 0 Å². The highest BCUT2D eigenvalue weighted by atomic mass is 32.2. The molecular weight excluding hydrogens is 295 g/mol. The topological polar surface area (TPSA) is 105 Å². The molecule has 0 bridgehead atoms. The minimum Gasteiger partial charge on any atom is -0.367 e. The molecule has 0 spiro atoms. The molecule has 1 aliphatic heterocycles. The normalized spacial score (nSPS) is 25.2. The molecule has 0 aromatic carbocycles. The summed E-state index contributed by atoms with van der Waals surface area (Å²) in [6.07, 6.45) is -3.46. The molecule has 0 aliphatic carbocycles. The Labute approximate surface area is 106 Å². The van der Waals surface area contributed by atoms with Gasteiger partial charge in [-0.2, -0.15) is 21.6 Å². The Hall–Kier alpha value is -0.910. The van der Waals surface area contributed by atoms with Gasteiger partial charge in [-0.25, -0.2) is 4.18 Å². The van der Waals surface area contributed by atoms with Crippen molar-refractivity contribution in [3.63, 3.8) is 0 Å². The van der Waals surface area contributed by atoms with Gasteiger partial charge in [-0.05, 0) is 13.8 Å². The quantitative estimate of drug-likeness (QED) is 0.572. The van der Waals surface area contributed by atoms with Crippen molar-refractivity contribution in [3.05, 3.63) is 0 Å². The molecule has 0 aromatic rings. The Kier molecular flexibility index (Phi) is 4.15. The van der Waals surface area contributed by atoms with Gasteiger partial charge in [-0.3, -0.25) is 4.79 Å². The minimum atomic E-state index is -5.95. The molecule has 1 heterocycles. The summed E-state index contributed by atoms with van der Waals surface area (Å²) in [7, 11) is -5.95. The number of carbonyl (C=O) groups excluding carboxylic acids is 1. The maximum atomic E-state index is 12.2. The number of halogens is 3. The summed E-state index contributed by atoms with van der Waals surface area (Å²) in [4.78, 5) is 11.0. The van der Waals surface area contributed by atoms with Crippen molar-refractivity contribution in [1.82, 2.24) is 0 Å². The predicted octanol–water partition coefficient (Wildman–Crippen LogP) is -0.142. The van der Waals surface area contributed by atoms with Gasteiger partial charge in [-0.1, -0.05) is 0 Å². The number of ether oxygens (including phenoxy) is 2. The lowest BCUT2D eigenvalue weighted by Crippen LogP contribution is -2.46. The maximum Gasteiger partial charge on any atom is 0.523 e. The molecule has 19 heavy (non-hydrogen) atoms. The van der Waals surface area contributed by atoms with Crippen LogP contribution in [0.25, 0.3) is 0 Å². The van der Waals surface area contributed by atoms with E-state index in [-0.39, 0.29) is 6.61 Å². The third-order valence-corrected chi connectivity index (χ3v) is 3.19. The zero-order chi connectivity index (χ0) is 15.1. The van der Waals surface area contributed by atoms with Gasteiger partial charge in [0.15, 0.2) is 11.9 Å². The van der Waals surface area contributed by atoms with Gasteiger partial charge in [0.05, 0.1) is 6.61 Å². The maximum absolute atomic E-state index is 12.2. The fourth-order valence-corrected chi connectivity index (χ4v) is 1.95. The molecule has 11 heteroatoms. The van der Waals surface area contributed by atoms with Crippen molar-refractivity contribution in [3.8, 4) is 0 Å². The Morgan fingerprint density at radius 1 is 1.47 bits per heavy atom. The molecule has 1 rings (SSSR count). The molecule has 1 amide bonds. The minimum absolute atomic E-state index is 0.325. The Morgan fingerprint density at radius 3 is 2.32 bits per heavy atom. The summed E-state index contributed by atoms with van der Waals surface area (Å²) in [5.74, 6) is -2.58. The predicted molar refractivity (Wildman–Crippen MR) is 53.9 cm³/mol. The van der Waals surface area contributed by atoms with Crippen molar-refractivity contribution in [2.24, 2.45) is 5.73 Å². The monoisotopic (exact) mass is 307 g/mol. The van der Waals surface area contributed by atoms with Crippen LogP contribution in [0, 0.1) is 0 Å². The van der Waals surface area contributed by atoms with Crippen molar-refractivity contribution in [1.29, 1.82) is 0 Å². The zero-order valence-electron chi connectivity index (χ0n) is 9.93. The van der Waals surface area contributed by atoms with Crippen LogP contribution in [-0.4, -0.2) is 44.4 Å². The first-order valence-corrected chi connectivity index (χ1v) is 6.37. The number of primary amides is 1. The molecule has 0 radical (unpaired) electrons. The van der Waals surface area contributed by atoms with Crippen LogP contribution >= 0.6 is 0 Å². The fourth-order valence-electron chi connectivity index (χ4n) is 1.35. The SMILES string of the molecule is CC1(C)OC[C@@H]([C@H](OS(=O)(=O)C(F)(F)F)C(N)=O)O1. The molecule has 1 saturated heterocycles. The second kappa shape index (κ2) is 4.89. The lowest BCUT2D eigenvalue weighted by atomic mass is 10.2. The van der Waals surface area contributed by atoms with Crippen LogP contribution in [0.5, 0.6) is 0 Å². The van der Waals surface area contributed by atoms with E-state index in [2.05, 4.69) is 4.18 Å². The summed E-state index contributed by atoms with van der Waals surface area (Å²) in [6.45, 7) is 2.54. The van der Waals surface area contributed by atoms with E-state index in [0.717, 1.165) is 0 Å². The molecule has 1 fully saturated rings. The number of hydrogen-bond acceptors (Lipinski definition) is 6. The highest BCUT2D eigenvalue weighted by Gasteiger charge is 2.52. The highest BCUT2D eigenvalue weighted by Crippen LogP contribution is 2.30. The summed E-state index contributed by atoms with van der Waals surface area (Å²) >= 11 is 0. The molecule has 0 saturated carbocycles. The van der Waals surface area contributed by atoms with Gasteiger partial charge >= 0.3 is 15.6 Å². The third-order valence-electron chi connectivity index (χ3n) is 2.16. The largest absolute Gasteiger partial charge is 0.523 e. The molecule has 0 unspecified atom stereocenters. The fraction of sp³-hybridized carbons (Fsp3) is 0.875. The first-order chi connectivity index (χ1) is 8.36. The molecule has 2 N–H and O–H groups in total. The van der Waals surface area contributed by atoms with E-state index < -0.39 is 39.5 Å². The van der Waals surface area contributed by atoms with Gasteiger partial charge in [0.25, 0.3) is 5.91 Å². The molecule has 1 aliphatic rings. The van der Waals surface area contributed by atoms with Crippen LogP contribution < -0.4 is 5.73 Å². The van der Waals surface area contributed by atoms with Crippen molar-refractivity contribution >= 4 is 16.0 Å². The number of amides is 1. The average molecular weight is 307 g/mol. The van der Waals surface area contributed by atoms with Crippen LogP contribution in [0.1, 0.15) is 13.8 Å². The smallest absolute Gasteiger partial charge is 0.367 e. The third kappa shape index (κ3) is 3.78. The summed E-state index contributed by atoms with van der Waals surface area (Å²) in [6, 6.07) is 0. The number of hydrogen-bond donors (Lipinski definition) is 1. The van der Waals surface area contributed by atoms with Gasteiger partial charge in [0.2, 0.25) is 0 Å². The lowest BCUT2D eigenvalue weighted by molar-refractivity contribution is -0.155. The zero-order valence-corrected chi connectivity index (χ0v) is 10.7. The van der Waals surface area contributed by atoms with Gasteiger partial charge in [0.1, 0.15) is 6.10 Å². The molecule has 7 nitrogen and oxygen atoms in total. The van der Waals surface area contributed by atoms with Crippen LogP contribution in [0.3, 0.4) is 0 Å². The number of rotatable bonds is 4. The van der Waals surface area contributed by atoms with Crippen LogP contribution in [0.2, 0.25) is 0 Å². The van der Waals surface area contributed by atoms with E-state index in [1.54, 1.807) is 0 Å². The summed E-state index contributed by atoms with van der Waals surface area (Å²) in [5, 5.41) is 0. The number of carbonyl (C=O) groups is 1. The summed E-state index contributed by atoms with van der Waals surface area (Å²) < 4.78 is 72.0. The Morgan fingerprint density at radius 2 is 2.00 bits per heavy atom. The lowest BCUT2D eigenvalue weighted by Gasteiger charge is -2.22. The van der Waals surface area contributed by atoms with E-state index >= 15 is 0 Å². The number of nitrogens with two attached hydrogens (primary N) is 1. The van der Waals surface area contributed by atoms with E-state index in [0.29, 0.717) is 0 Å². The second-order valence-corrected chi connectivity index (χ2v) is 5.75. The first kappa shape index (κ1) is 16.1. The Bertz CT molecular complexity index is 460. The van der Waals surface area contributed by atoms with Crippen LogP contribution in [-0.2, 0) is 28.6 Å². The van der Waals surface area contributed by atoms with Crippen molar-refractivity contribution in [2.75, 3.05) is 6.61 Å².